The largest absolute Gasteiger partial charge is 0.307 e. The molecule has 10 nitrogen and oxygen atoms in total. The number of benzene rings is 9. The van der Waals surface area contributed by atoms with E-state index in [1.54, 1.807) is 19.9 Å². The van der Waals surface area contributed by atoms with Crippen LogP contribution in [0.2, 0.25) is 0 Å². The maximum absolute atomic E-state index is 15.7. The lowest BCUT2D eigenvalue weighted by atomic mass is 10.1. The molecule has 2 aliphatic heterocycles. The predicted molar refractivity (Wildman–Crippen MR) is 306 cm³/mol. The minimum Gasteiger partial charge on any atom is -0.307 e. The number of aromatic nitrogens is 4. The van der Waals surface area contributed by atoms with Gasteiger partial charge in [0.2, 0.25) is 0 Å². The van der Waals surface area contributed by atoms with Gasteiger partial charge in [0.25, 0.3) is 23.6 Å². The van der Waals surface area contributed by atoms with Gasteiger partial charge in [0.15, 0.2) is 0 Å². The topological polar surface area (TPSA) is 94.5 Å². The summed E-state index contributed by atoms with van der Waals surface area (Å²) in [5.74, 6) is -2.04. The van der Waals surface area contributed by atoms with E-state index < -0.39 is 29.3 Å². The summed E-state index contributed by atoms with van der Waals surface area (Å²) in [6.07, 6.45) is 3.17. The number of carbonyl (C=O) groups excluding carboxylic acids is 4. The number of para-hydroxylation sites is 8. The van der Waals surface area contributed by atoms with E-state index in [-0.39, 0.29) is 22.3 Å². The van der Waals surface area contributed by atoms with Crippen LogP contribution < -0.4 is 0 Å². The number of fused-ring (bicyclic) bond motifs is 13. The van der Waals surface area contributed by atoms with E-state index in [4.69, 9.17) is 0 Å². The Kier molecular flexibility index (Phi) is 9.23. The molecule has 13 aromatic rings. The molecule has 0 atom stereocenters. The zero-order valence-electron chi connectivity index (χ0n) is 41.8. The van der Waals surface area contributed by atoms with E-state index in [0.29, 0.717) is 17.2 Å². The average Bonchev–Trinajstić information content (AvgIpc) is 4.48. The molecule has 4 amide bonds. The molecule has 77 heavy (non-hydrogen) atoms. The maximum Gasteiger partial charge on any atom is 0.263 e. The number of imide groups is 2. The SMILES string of the molecule is C=CC1=C(C=C(n2c3ccccc3c3ccccc32)n2c3ccccc3c3ccccc32)C(=O)N(C(C)(C)N2C(=O)c3cc(-n4c5ccccc5c5ccccc54)c(-n4c5ccccc5c5ccccc54)cc3C2=O)C1=O. The fourth-order valence-electron chi connectivity index (χ4n) is 12.7. The van der Waals surface area contributed by atoms with Crippen molar-refractivity contribution in [2.45, 2.75) is 19.5 Å². The summed E-state index contributed by atoms with van der Waals surface area (Å²) in [7, 11) is 0. The van der Waals surface area contributed by atoms with Crippen LogP contribution in [0.5, 0.6) is 0 Å². The molecule has 15 rings (SSSR count). The highest BCUT2D eigenvalue weighted by atomic mass is 16.2. The Morgan fingerprint density at radius 1 is 0.364 bits per heavy atom. The quantitative estimate of drug-likeness (QED) is 0.142. The summed E-state index contributed by atoms with van der Waals surface area (Å²) in [6.45, 7) is 7.26. The predicted octanol–water partition coefficient (Wildman–Crippen LogP) is 14.1. The Balaban J connectivity index is 0.918. The van der Waals surface area contributed by atoms with Gasteiger partial charge in [-0.05, 0) is 80.6 Å². The van der Waals surface area contributed by atoms with Crippen molar-refractivity contribution in [1.82, 2.24) is 28.1 Å². The summed E-state index contributed by atoms with van der Waals surface area (Å²) in [5.41, 5.74) is 7.18. The van der Waals surface area contributed by atoms with E-state index in [1.165, 1.54) is 6.08 Å². The minimum atomic E-state index is -1.83. The third kappa shape index (κ3) is 5.94. The molecule has 0 N–H and O–H groups in total. The molecule has 366 valence electrons. The minimum absolute atomic E-state index is 0.0426. The second kappa shape index (κ2) is 16.1. The molecular formula is C67H44N6O4. The summed E-state index contributed by atoms with van der Waals surface area (Å²) >= 11 is 0. The van der Waals surface area contributed by atoms with Gasteiger partial charge in [-0.2, -0.15) is 0 Å². The molecule has 6 heterocycles. The highest BCUT2D eigenvalue weighted by molar-refractivity contribution is 6.26. The highest BCUT2D eigenvalue weighted by Gasteiger charge is 2.54. The van der Waals surface area contributed by atoms with E-state index in [0.717, 1.165) is 97.0 Å². The normalized spacial score (nSPS) is 14.2. The second-order valence-electron chi connectivity index (χ2n) is 20.3. The van der Waals surface area contributed by atoms with Crippen LogP contribution in [0.25, 0.3) is 98.6 Å². The van der Waals surface area contributed by atoms with Crippen molar-refractivity contribution in [3.8, 4) is 11.4 Å². The Morgan fingerprint density at radius 2 is 0.623 bits per heavy atom. The molecule has 0 saturated heterocycles. The molecule has 0 unspecified atom stereocenters. The Bertz CT molecular complexity index is 4440. The van der Waals surface area contributed by atoms with Crippen molar-refractivity contribution < 1.29 is 19.2 Å². The molecule has 0 bridgehead atoms. The van der Waals surface area contributed by atoms with Crippen molar-refractivity contribution in [1.29, 1.82) is 0 Å². The molecule has 9 aromatic carbocycles. The van der Waals surface area contributed by atoms with Crippen molar-refractivity contribution in [2.24, 2.45) is 0 Å². The van der Waals surface area contributed by atoms with Gasteiger partial charge in [-0.3, -0.25) is 38.1 Å². The first-order valence-electron chi connectivity index (χ1n) is 25.6. The fraction of sp³-hybridized carbons (Fsp3) is 0.0448. The van der Waals surface area contributed by atoms with E-state index in [1.807, 2.05) is 109 Å². The summed E-state index contributed by atoms with van der Waals surface area (Å²) in [5, 5.41) is 8.17. The summed E-state index contributed by atoms with van der Waals surface area (Å²) < 4.78 is 8.59. The van der Waals surface area contributed by atoms with Gasteiger partial charge >= 0.3 is 0 Å². The number of hydrogen-bond donors (Lipinski definition) is 0. The monoisotopic (exact) mass is 996 g/mol. The standard InChI is InChI=1S/C67H44N6O4/c1-4-40-51(39-62(70-56-33-17-9-25-45(56)46-26-10-18-34-57(46)70)71-58-35-19-11-27-47(58)48-28-12-20-36-59(48)71)66(77)72(63(40)74)67(2,3)73-64(75)49-37-60(68-52-29-13-5-21-41(52)42-22-6-14-30-53(42)68)61(38-50(49)65(73)76)69-54-31-15-7-23-43(54)44-24-8-16-32-55(44)69/h4-39H,1H2,2-3H3. The third-order valence-electron chi connectivity index (χ3n) is 16.0. The zero-order valence-corrected chi connectivity index (χ0v) is 41.8. The molecule has 2 aliphatic rings. The van der Waals surface area contributed by atoms with Crippen molar-refractivity contribution in [2.75, 3.05) is 0 Å². The molecule has 0 aliphatic carbocycles. The van der Waals surface area contributed by atoms with Gasteiger partial charge in [-0.1, -0.05) is 158 Å². The lowest BCUT2D eigenvalue weighted by Gasteiger charge is -2.40. The van der Waals surface area contributed by atoms with Crippen LogP contribution in [-0.4, -0.2) is 57.4 Å². The number of rotatable bonds is 8. The Labute approximate surface area is 440 Å². The number of hydrogen-bond acceptors (Lipinski definition) is 4. The van der Waals surface area contributed by atoms with E-state index >= 15 is 19.2 Å². The molecule has 0 spiro atoms. The van der Waals surface area contributed by atoms with Gasteiger partial charge in [0.1, 0.15) is 11.5 Å². The van der Waals surface area contributed by atoms with Crippen LogP contribution in [0.1, 0.15) is 34.6 Å². The van der Waals surface area contributed by atoms with Crippen molar-refractivity contribution >= 4 is 111 Å². The molecule has 4 aromatic heterocycles. The van der Waals surface area contributed by atoms with E-state index in [2.05, 4.69) is 122 Å². The fourth-order valence-corrected chi connectivity index (χ4v) is 12.7. The number of carbonyl (C=O) groups is 4. The lowest BCUT2D eigenvalue weighted by molar-refractivity contribution is -0.147. The number of nitrogens with zero attached hydrogens (tertiary/aromatic N) is 6. The molecule has 0 saturated carbocycles. The maximum atomic E-state index is 15.7. The first-order valence-corrected chi connectivity index (χ1v) is 25.6. The van der Waals surface area contributed by atoms with Crippen LogP contribution in [-0.2, 0) is 9.59 Å². The lowest BCUT2D eigenvalue weighted by Crippen LogP contribution is -2.61. The summed E-state index contributed by atoms with van der Waals surface area (Å²) in [6, 6.07) is 68.9. The Hall–Kier alpha value is -10.3. The average molecular weight is 997 g/mol. The first-order chi connectivity index (χ1) is 37.7. The number of amides is 4. The summed E-state index contributed by atoms with van der Waals surface area (Å²) in [4.78, 5) is 64.1. The molecule has 10 heteroatoms. The van der Waals surface area contributed by atoms with Crippen LogP contribution in [0, 0.1) is 5.82 Å². The van der Waals surface area contributed by atoms with Crippen LogP contribution in [0.4, 0.5) is 0 Å². The second-order valence-corrected chi connectivity index (χ2v) is 20.3. The third-order valence-corrected chi connectivity index (χ3v) is 16.0. The van der Waals surface area contributed by atoms with Gasteiger partial charge in [-0.15, -0.1) is 0 Å². The van der Waals surface area contributed by atoms with Crippen LogP contribution in [0.3, 0.4) is 0 Å². The highest BCUT2D eigenvalue weighted by Crippen LogP contribution is 2.44. The van der Waals surface area contributed by atoms with Gasteiger partial charge in [0.05, 0.1) is 77.8 Å². The van der Waals surface area contributed by atoms with Crippen LogP contribution >= 0.6 is 0 Å². The smallest absolute Gasteiger partial charge is 0.263 e. The molecule has 0 radical (unpaired) electrons. The van der Waals surface area contributed by atoms with E-state index in [9.17, 15) is 0 Å². The molecular weight excluding hydrogens is 953 g/mol. The van der Waals surface area contributed by atoms with Gasteiger partial charge in [0, 0.05) is 43.1 Å². The van der Waals surface area contributed by atoms with Crippen LogP contribution in [0.15, 0.2) is 236 Å². The Morgan fingerprint density at radius 3 is 0.935 bits per heavy atom. The van der Waals surface area contributed by atoms with Crippen molar-refractivity contribution in [3.63, 3.8) is 0 Å². The van der Waals surface area contributed by atoms with Crippen molar-refractivity contribution in [3.05, 3.63) is 253 Å². The molecule has 0 fully saturated rings. The van der Waals surface area contributed by atoms with Gasteiger partial charge in [-0.25, -0.2) is 0 Å². The van der Waals surface area contributed by atoms with Gasteiger partial charge < -0.3 is 9.13 Å². The zero-order chi connectivity index (χ0) is 52.0. The first kappa shape index (κ1) is 44.2.